The Morgan fingerprint density at radius 2 is 1.77 bits per heavy atom. The van der Waals surface area contributed by atoms with Crippen molar-refractivity contribution in [2.75, 3.05) is 35.0 Å². The summed E-state index contributed by atoms with van der Waals surface area (Å²) in [5, 5.41) is 3.45. The molecule has 4 atom stereocenters. The van der Waals surface area contributed by atoms with Crippen molar-refractivity contribution < 1.29 is 23.9 Å². The number of carbonyl (C=O) groups is 4. The molecule has 3 aliphatic heterocycles. The normalized spacial score (nSPS) is 27.0. The van der Waals surface area contributed by atoms with Crippen LogP contribution in [0.1, 0.15) is 18.9 Å². The van der Waals surface area contributed by atoms with Crippen molar-refractivity contribution in [3.8, 4) is 0 Å². The Hall–Kier alpha value is -3.17. The van der Waals surface area contributed by atoms with Crippen LogP contribution in [0.5, 0.6) is 0 Å². The van der Waals surface area contributed by atoms with Gasteiger partial charge in [-0.25, -0.2) is 4.90 Å². The first-order valence-corrected chi connectivity index (χ1v) is 13.1. The number of hydrogen-bond acceptors (Lipinski definition) is 7. The fraction of sp³-hybridized carbons (Fsp3) is 0.385. The summed E-state index contributed by atoms with van der Waals surface area (Å²) in [5.74, 6) is -2.45. The summed E-state index contributed by atoms with van der Waals surface area (Å²) in [5.41, 5.74) is 0.248. The molecular formula is C26H27N3O5S. The number of fused-ring (bicyclic) bond motifs is 4. The molecule has 0 bridgehead atoms. The molecule has 2 fully saturated rings. The summed E-state index contributed by atoms with van der Waals surface area (Å²) in [7, 11) is 0. The summed E-state index contributed by atoms with van der Waals surface area (Å²) in [6.07, 6.45) is 2.61. The standard InChI is InChI=1S/C26H27N3O5S/c1-3-34-20(30)15-28-19-12-8-7-11-17(19)26(25(28)33)22-21(18(27-26)13-14-35-2)23(31)29(24(22)32)16-9-5-4-6-10-16/h4-12,18,21-22,27H,3,13-15H2,1-2H3/t18-,21+,22+,26+/m1/s1. The van der Waals surface area contributed by atoms with Crippen LogP contribution in [0.4, 0.5) is 11.4 Å². The van der Waals surface area contributed by atoms with Crippen LogP contribution in [-0.4, -0.2) is 54.9 Å². The largest absolute Gasteiger partial charge is 0.465 e. The Kier molecular flexibility index (Phi) is 6.14. The molecule has 0 aliphatic carbocycles. The van der Waals surface area contributed by atoms with Crippen LogP contribution < -0.4 is 15.1 Å². The minimum Gasteiger partial charge on any atom is -0.465 e. The zero-order valence-electron chi connectivity index (χ0n) is 19.6. The van der Waals surface area contributed by atoms with E-state index in [9.17, 15) is 19.2 Å². The second-order valence-electron chi connectivity index (χ2n) is 8.90. The van der Waals surface area contributed by atoms with Gasteiger partial charge in [0.1, 0.15) is 12.1 Å². The van der Waals surface area contributed by atoms with Gasteiger partial charge >= 0.3 is 5.97 Å². The molecule has 0 saturated carbocycles. The van der Waals surface area contributed by atoms with E-state index >= 15 is 0 Å². The van der Waals surface area contributed by atoms with E-state index in [1.165, 1.54) is 9.80 Å². The van der Waals surface area contributed by atoms with Crippen LogP contribution >= 0.6 is 11.8 Å². The van der Waals surface area contributed by atoms with Gasteiger partial charge in [-0.2, -0.15) is 11.8 Å². The van der Waals surface area contributed by atoms with Crippen LogP contribution in [0.3, 0.4) is 0 Å². The van der Waals surface area contributed by atoms with Crippen LogP contribution in [0.15, 0.2) is 54.6 Å². The van der Waals surface area contributed by atoms with Gasteiger partial charge in [-0.3, -0.25) is 29.4 Å². The smallest absolute Gasteiger partial charge is 0.326 e. The lowest BCUT2D eigenvalue weighted by atomic mass is 9.76. The van der Waals surface area contributed by atoms with Crippen molar-refractivity contribution in [1.82, 2.24) is 5.32 Å². The first kappa shape index (κ1) is 23.6. The average molecular weight is 494 g/mol. The predicted molar refractivity (Wildman–Crippen MR) is 133 cm³/mol. The van der Waals surface area contributed by atoms with E-state index in [0.29, 0.717) is 23.4 Å². The third-order valence-corrected chi connectivity index (χ3v) is 7.75. The molecule has 3 heterocycles. The molecular weight excluding hydrogens is 466 g/mol. The molecule has 5 rings (SSSR count). The number of rotatable bonds is 7. The maximum atomic E-state index is 14.2. The van der Waals surface area contributed by atoms with E-state index in [4.69, 9.17) is 4.74 Å². The minimum atomic E-state index is -1.42. The van der Waals surface area contributed by atoms with Gasteiger partial charge in [0.05, 0.1) is 24.1 Å². The molecule has 2 aromatic rings. The quantitative estimate of drug-likeness (QED) is 0.467. The zero-order chi connectivity index (χ0) is 24.7. The number of amides is 3. The topological polar surface area (TPSA) is 96.0 Å². The minimum absolute atomic E-state index is 0.201. The summed E-state index contributed by atoms with van der Waals surface area (Å²) >= 11 is 1.65. The Morgan fingerprint density at radius 3 is 2.49 bits per heavy atom. The van der Waals surface area contributed by atoms with Gasteiger partial charge in [0.2, 0.25) is 11.8 Å². The highest BCUT2D eigenvalue weighted by molar-refractivity contribution is 7.98. The molecule has 182 valence electrons. The second-order valence-corrected chi connectivity index (χ2v) is 9.89. The number of para-hydroxylation sites is 2. The summed E-state index contributed by atoms with van der Waals surface area (Å²) in [4.78, 5) is 56.8. The first-order chi connectivity index (χ1) is 17.0. The molecule has 0 aromatic heterocycles. The number of imide groups is 1. The van der Waals surface area contributed by atoms with E-state index in [-0.39, 0.29) is 25.1 Å². The fourth-order valence-electron chi connectivity index (χ4n) is 5.76. The molecule has 2 saturated heterocycles. The van der Waals surface area contributed by atoms with Crippen LogP contribution in [-0.2, 0) is 29.5 Å². The SMILES string of the molecule is CCOC(=O)CN1C(=O)[C@]2(N[C@H](CCSC)[C@@H]3C(=O)N(c4ccccc4)C(=O)[C@H]32)c2ccccc21. The van der Waals surface area contributed by atoms with Crippen molar-refractivity contribution in [1.29, 1.82) is 0 Å². The Balaban J connectivity index is 1.63. The molecule has 9 heteroatoms. The second kappa shape index (κ2) is 9.13. The number of ether oxygens (including phenoxy) is 1. The van der Waals surface area contributed by atoms with Gasteiger partial charge in [-0.1, -0.05) is 36.4 Å². The highest BCUT2D eigenvalue weighted by Gasteiger charge is 2.71. The van der Waals surface area contributed by atoms with Crippen LogP contribution in [0, 0.1) is 11.8 Å². The summed E-state index contributed by atoms with van der Waals surface area (Å²) < 4.78 is 5.11. The fourth-order valence-corrected chi connectivity index (χ4v) is 6.25. The third-order valence-electron chi connectivity index (χ3n) is 7.11. The van der Waals surface area contributed by atoms with Gasteiger partial charge < -0.3 is 4.74 Å². The van der Waals surface area contributed by atoms with Gasteiger partial charge in [-0.15, -0.1) is 0 Å². The van der Waals surface area contributed by atoms with E-state index < -0.39 is 35.2 Å². The molecule has 0 radical (unpaired) electrons. The van der Waals surface area contributed by atoms with Crippen LogP contribution in [0.2, 0.25) is 0 Å². The summed E-state index contributed by atoms with van der Waals surface area (Å²) in [6, 6.07) is 15.6. The lowest BCUT2D eigenvalue weighted by Crippen LogP contribution is -2.55. The molecule has 1 N–H and O–H groups in total. The average Bonchev–Trinajstić information content (AvgIpc) is 3.43. The van der Waals surface area contributed by atoms with Crippen molar-refractivity contribution in [2.45, 2.75) is 24.9 Å². The van der Waals surface area contributed by atoms with E-state index in [0.717, 1.165) is 5.75 Å². The number of esters is 1. The number of thioether (sulfide) groups is 1. The van der Waals surface area contributed by atoms with Crippen molar-refractivity contribution in [3.63, 3.8) is 0 Å². The number of anilines is 2. The van der Waals surface area contributed by atoms with E-state index in [1.54, 1.807) is 55.1 Å². The van der Waals surface area contributed by atoms with Gasteiger partial charge in [0.25, 0.3) is 5.91 Å². The van der Waals surface area contributed by atoms with E-state index in [1.807, 2.05) is 24.5 Å². The monoisotopic (exact) mass is 493 g/mol. The number of nitrogens with zero attached hydrogens (tertiary/aromatic N) is 2. The molecule has 35 heavy (non-hydrogen) atoms. The maximum absolute atomic E-state index is 14.2. The molecule has 8 nitrogen and oxygen atoms in total. The molecule has 3 aliphatic rings. The Bertz CT molecular complexity index is 1190. The molecule has 3 amide bonds. The zero-order valence-corrected chi connectivity index (χ0v) is 20.4. The lowest BCUT2D eigenvalue weighted by Gasteiger charge is -2.30. The number of hydrogen-bond donors (Lipinski definition) is 1. The van der Waals surface area contributed by atoms with Crippen molar-refractivity contribution >= 4 is 46.8 Å². The molecule has 2 aromatic carbocycles. The lowest BCUT2D eigenvalue weighted by molar-refractivity contribution is -0.142. The predicted octanol–water partition coefficient (Wildman–Crippen LogP) is 2.32. The number of benzene rings is 2. The number of nitrogens with one attached hydrogen (secondary N) is 1. The molecule has 1 spiro atoms. The number of carbonyl (C=O) groups excluding carboxylic acids is 4. The van der Waals surface area contributed by atoms with Gasteiger partial charge in [0, 0.05) is 17.3 Å². The highest BCUT2D eigenvalue weighted by Crippen LogP contribution is 2.55. The Morgan fingerprint density at radius 1 is 1.06 bits per heavy atom. The molecule has 0 unspecified atom stereocenters. The highest BCUT2D eigenvalue weighted by atomic mass is 32.2. The van der Waals surface area contributed by atoms with E-state index in [2.05, 4.69) is 5.32 Å². The van der Waals surface area contributed by atoms with Crippen molar-refractivity contribution in [3.05, 3.63) is 60.2 Å². The Labute approximate surface area is 208 Å². The summed E-state index contributed by atoms with van der Waals surface area (Å²) in [6.45, 7) is 1.65. The van der Waals surface area contributed by atoms with Crippen LogP contribution in [0.25, 0.3) is 0 Å². The van der Waals surface area contributed by atoms with Gasteiger partial charge in [0.15, 0.2) is 0 Å². The van der Waals surface area contributed by atoms with Crippen molar-refractivity contribution in [2.24, 2.45) is 11.8 Å². The third kappa shape index (κ3) is 3.48. The maximum Gasteiger partial charge on any atom is 0.326 e. The first-order valence-electron chi connectivity index (χ1n) is 11.7. The van der Waals surface area contributed by atoms with Gasteiger partial charge in [-0.05, 0) is 43.6 Å².